The van der Waals surface area contributed by atoms with Crippen molar-refractivity contribution in [1.29, 1.82) is 0 Å². The Morgan fingerprint density at radius 2 is 2.08 bits per heavy atom. The zero-order valence-electron chi connectivity index (χ0n) is 8.39. The van der Waals surface area contributed by atoms with Crippen LogP contribution in [0.25, 0.3) is 0 Å². The van der Waals surface area contributed by atoms with Crippen LogP contribution in [-0.2, 0) is 9.53 Å². The summed E-state index contributed by atoms with van der Waals surface area (Å²) in [5.74, 6) is 0.338. The second kappa shape index (κ2) is 6.00. The van der Waals surface area contributed by atoms with Crippen LogP contribution in [0.2, 0.25) is 0 Å². The molecule has 0 aliphatic carbocycles. The highest BCUT2D eigenvalue weighted by Gasteiger charge is 2.15. The summed E-state index contributed by atoms with van der Waals surface area (Å²) in [6.07, 6.45) is 0.460. The first kappa shape index (κ1) is 11.4. The molecule has 0 bridgehead atoms. The zero-order chi connectivity index (χ0) is 9.56. The van der Waals surface area contributed by atoms with Gasteiger partial charge in [-0.2, -0.15) is 0 Å². The van der Waals surface area contributed by atoms with Crippen molar-refractivity contribution in [2.75, 3.05) is 13.7 Å². The zero-order valence-corrected chi connectivity index (χ0v) is 8.39. The largest absolute Gasteiger partial charge is 0.466 e. The van der Waals surface area contributed by atoms with Gasteiger partial charge in [-0.05, 0) is 19.9 Å². The Labute approximate surface area is 74.5 Å². The van der Waals surface area contributed by atoms with Crippen molar-refractivity contribution in [1.82, 2.24) is 5.32 Å². The lowest BCUT2D eigenvalue weighted by Gasteiger charge is -2.18. The molecule has 3 heteroatoms. The van der Waals surface area contributed by atoms with E-state index in [9.17, 15) is 4.79 Å². The fourth-order valence-electron chi connectivity index (χ4n) is 1.07. The average Bonchev–Trinajstić information content (AvgIpc) is 2.00. The van der Waals surface area contributed by atoms with E-state index in [2.05, 4.69) is 19.2 Å². The van der Waals surface area contributed by atoms with Crippen LogP contribution in [0.3, 0.4) is 0 Å². The number of esters is 1. The molecule has 0 unspecified atom stereocenters. The number of rotatable bonds is 5. The van der Waals surface area contributed by atoms with E-state index in [-0.39, 0.29) is 12.0 Å². The Morgan fingerprint density at radius 3 is 2.42 bits per heavy atom. The molecule has 0 aromatic rings. The molecule has 1 N–H and O–H groups in total. The lowest BCUT2D eigenvalue weighted by molar-refractivity contribution is -0.143. The highest BCUT2D eigenvalue weighted by atomic mass is 16.5. The molecular formula is C9H19NO2. The number of hydrogen-bond donors (Lipinski definition) is 1. The Bertz CT molecular complexity index is 134. The molecule has 0 aliphatic heterocycles. The molecule has 0 aromatic heterocycles. The summed E-state index contributed by atoms with van der Waals surface area (Å²) < 4.78 is 4.85. The Morgan fingerprint density at radius 1 is 1.50 bits per heavy atom. The predicted molar refractivity (Wildman–Crippen MR) is 48.9 cm³/mol. The monoisotopic (exact) mass is 173 g/mol. The van der Waals surface area contributed by atoms with E-state index >= 15 is 0 Å². The van der Waals surface area contributed by atoms with Crippen molar-refractivity contribution in [3.05, 3.63) is 0 Å². The maximum absolute atomic E-state index is 11.1. The van der Waals surface area contributed by atoms with E-state index in [0.29, 0.717) is 18.9 Å². The summed E-state index contributed by atoms with van der Waals surface area (Å²) in [6, 6.07) is 0.226. The van der Waals surface area contributed by atoms with Crippen LogP contribution in [0.1, 0.15) is 27.2 Å². The van der Waals surface area contributed by atoms with Crippen molar-refractivity contribution in [2.45, 2.75) is 33.2 Å². The fraction of sp³-hybridized carbons (Fsp3) is 0.889. The first-order chi connectivity index (χ1) is 5.61. The van der Waals surface area contributed by atoms with Gasteiger partial charge in [0.05, 0.1) is 13.0 Å². The van der Waals surface area contributed by atoms with Gasteiger partial charge in [-0.1, -0.05) is 13.8 Å². The van der Waals surface area contributed by atoms with Gasteiger partial charge in [0.2, 0.25) is 0 Å². The third-order valence-electron chi connectivity index (χ3n) is 1.87. The molecule has 72 valence electrons. The average molecular weight is 173 g/mol. The summed E-state index contributed by atoms with van der Waals surface area (Å²) in [7, 11) is 1.86. The van der Waals surface area contributed by atoms with Crippen molar-refractivity contribution < 1.29 is 9.53 Å². The second-order valence-corrected chi connectivity index (χ2v) is 3.15. The topological polar surface area (TPSA) is 38.3 Å². The molecule has 1 atom stereocenters. The van der Waals surface area contributed by atoms with Gasteiger partial charge < -0.3 is 10.1 Å². The lowest BCUT2D eigenvalue weighted by atomic mass is 10.0. The molecule has 0 rings (SSSR count). The summed E-state index contributed by atoms with van der Waals surface area (Å²) in [5.41, 5.74) is 0. The Kier molecular flexibility index (Phi) is 5.72. The molecule has 0 aromatic carbocycles. The molecule has 0 heterocycles. The minimum atomic E-state index is -0.120. The van der Waals surface area contributed by atoms with Crippen LogP contribution >= 0.6 is 0 Å². The predicted octanol–water partition coefficient (Wildman–Crippen LogP) is 1.18. The van der Waals surface area contributed by atoms with E-state index < -0.39 is 0 Å². The molecule has 12 heavy (non-hydrogen) atoms. The highest BCUT2D eigenvalue weighted by Crippen LogP contribution is 2.06. The molecule has 0 saturated carbocycles. The van der Waals surface area contributed by atoms with Gasteiger partial charge in [0.25, 0.3) is 0 Å². The maximum Gasteiger partial charge on any atom is 0.307 e. The maximum atomic E-state index is 11.1. The molecule has 0 aliphatic rings. The van der Waals surface area contributed by atoms with Crippen LogP contribution in [-0.4, -0.2) is 25.7 Å². The minimum absolute atomic E-state index is 0.120. The fourth-order valence-corrected chi connectivity index (χ4v) is 1.07. The normalized spacial score (nSPS) is 13.1. The standard InChI is InChI=1S/C9H19NO2/c1-5-12-9(11)6-8(10-4)7(2)3/h7-8,10H,5-6H2,1-4H3/t8-/m1/s1. The van der Waals surface area contributed by atoms with Crippen LogP contribution in [0.15, 0.2) is 0 Å². The summed E-state index contributed by atoms with van der Waals surface area (Å²) in [5, 5.41) is 3.09. The van der Waals surface area contributed by atoms with Gasteiger partial charge >= 0.3 is 5.97 Å². The molecule has 0 saturated heterocycles. The van der Waals surface area contributed by atoms with Crippen molar-refractivity contribution in [3.63, 3.8) is 0 Å². The number of nitrogens with one attached hydrogen (secondary N) is 1. The molecule has 3 nitrogen and oxygen atoms in total. The second-order valence-electron chi connectivity index (χ2n) is 3.15. The third kappa shape index (κ3) is 4.34. The van der Waals surface area contributed by atoms with Crippen LogP contribution in [0, 0.1) is 5.92 Å². The minimum Gasteiger partial charge on any atom is -0.466 e. The summed E-state index contributed by atoms with van der Waals surface area (Å²) in [6.45, 7) is 6.45. The molecule has 0 radical (unpaired) electrons. The van der Waals surface area contributed by atoms with Gasteiger partial charge in [-0.25, -0.2) is 0 Å². The van der Waals surface area contributed by atoms with Gasteiger partial charge in [-0.15, -0.1) is 0 Å². The summed E-state index contributed by atoms with van der Waals surface area (Å²) >= 11 is 0. The van der Waals surface area contributed by atoms with E-state index in [1.807, 2.05) is 14.0 Å². The van der Waals surface area contributed by atoms with Crippen LogP contribution in [0.5, 0.6) is 0 Å². The van der Waals surface area contributed by atoms with Gasteiger partial charge in [0.15, 0.2) is 0 Å². The molecular weight excluding hydrogens is 154 g/mol. The van der Waals surface area contributed by atoms with Gasteiger partial charge in [-0.3, -0.25) is 4.79 Å². The molecule has 0 fully saturated rings. The third-order valence-corrected chi connectivity index (χ3v) is 1.87. The Balaban J connectivity index is 3.77. The van der Waals surface area contributed by atoms with Gasteiger partial charge in [0.1, 0.15) is 0 Å². The van der Waals surface area contributed by atoms with Crippen molar-refractivity contribution in [2.24, 2.45) is 5.92 Å². The molecule has 0 amide bonds. The van der Waals surface area contributed by atoms with E-state index in [0.717, 1.165) is 0 Å². The van der Waals surface area contributed by atoms with E-state index in [1.165, 1.54) is 0 Å². The number of carbonyl (C=O) groups is 1. The number of carbonyl (C=O) groups excluding carboxylic acids is 1. The molecule has 0 spiro atoms. The van der Waals surface area contributed by atoms with Crippen molar-refractivity contribution in [3.8, 4) is 0 Å². The van der Waals surface area contributed by atoms with Gasteiger partial charge in [0, 0.05) is 6.04 Å². The quantitative estimate of drug-likeness (QED) is 0.634. The van der Waals surface area contributed by atoms with E-state index in [4.69, 9.17) is 4.74 Å². The number of ether oxygens (including phenoxy) is 1. The first-order valence-electron chi connectivity index (χ1n) is 4.44. The SMILES string of the molecule is CCOC(=O)C[C@@H](NC)C(C)C. The highest BCUT2D eigenvalue weighted by molar-refractivity contribution is 5.70. The van der Waals surface area contributed by atoms with Crippen molar-refractivity contribution >= 4 is 5.97 Å². The Hall–Kier alpha value is -0.570. The lowest BCUT2D eigenvalue weighted by Crippen LogP contribution is -2.33. The number of hydrogen-bond acceptors (Lipinski definition) is 3. The first-order valence-corrected chi connectivity index (χ1v) is 4.44. The van der Waals surface area contributed by atoms with Crippen LogP contribution < -0.4 is 5.32 Å². The van der Waals surface area contributed by atoms with E-state index in [1.54, 1.807) is 0 Å². The summed E-state index contributed by atoms with van der Waals surface area (Å²) in [4.78, 5) is 11.1. The smallest absolute Gasteiger partial charge is 0.307 e. The van der Waals surface area contributed by atoms with Crippen LogP contribution in [0.4, 0.5) is 0 Å².